The Morgan fingerprint density at radius 2 is 1.95 bits per heavy atom. The monoisotopic (exact) mass is 399 g/mol. The molecule has 106 valence electrons. The summed E-state index contributed by atoms with van der Waals surface area (Å²) < 4.78 is 1.09. The van der Waals surface area contributed by atoms with Crippen LogP contribution in [0.2, 0.25) is 5.02 Å². The van der Waals surface area contributed by atoms with Crippen LogP contribution in [0.25, 0.3) is 0 Å². The molecule has 0 fully saturated rings. The molecule has 0 saturated carbocycles. The van der Waals surface area contributed by atoms with Crippen molar-refractivity contribution in [3.63, 3.8) is 0 Å². The molecule has 0 heterocycles. The quantitative estimate of drug-likeness (QED) is 0.692. The fraction of sp³-hybridized carbons (Fsp3) is 0.294. The van der Waals surface area contributed by atoms with Crippen LogP contribution >= 0.6 is 34.2 Å². The van der Waals surface area contributed by atoms with Crippen molar-refractivity contribution in [3.8, 4) is 0 Å². The largest absolute Gasteiger partial charge is 0.307 e. The molecule has 1 nitrogen and oxygen atoms in total. The molecular formula is C17H19ClIN. The van der Waals surface area contributed by atoms with Crippen LogP contribution in [0.5, 0.6) is 0 Å². The average Bonchev–Trinajstić information content (AvgIpc) is 2.43. The Morgan fingerprint density at radius 3 is 2.60 bits per heavy atom. The summed E-state index contributed by atoms with van der Waals surface area (Å²) in [6, 6.07) is 13.0. The molecule has 0 spiro atoms. The maximum Gasteiger partial charge on any atom is 0.0579 e. The Kier molecular flexibility index (Phi) is 5.47. The van der Waals surface area contributed by atoms with Crippen LogP contribution in [0.3, 0.4) is 0 Å². The predicted octanol–water partition coefficient (Wildman–Crippen LogP) is 5.26. The van der Waals surface area contributed by atoms with E-state index in [1.807, 2.05) is 0 Å². The van der Waals surface area contributed by atoms with E-state index in [-0.39, 0.29) is 6.04 Å². The number of hydrogen-bond acceptors (Lipinski definition) is 1. The van der Waals surface area contributed by atoms with Gasteiger partial charge in [0.25, 0.3) is 0 Å². The maximum absolute atomic E-state index is 6.28. The van der Waals surface area contributed by atoms with Crippen LogP contribution in [0.15, 0.2) is 36.4 Å². The SMILES string of the molecule is CCNC(c1ccc(I)c(Cl)c1)c1cccc(C)c1C. The molecular weight excluding hydrogens is 381 g/mol. The van der Waals surface area contributed by atoms with Gasteiger partial charge in [0.15, 0.2) is 0 Å². The predicted molar refractivity (Wildman–Crippen MR) is 95.6 cm³/mol. The first-order valence-electron chi connectivity index (χ1n) is 6.79. The highest BCUT2D eigenvalue weighted by Crippen LogP contribution is 2.29. The van der Waals surface area contributed by atoms with E-state index in [1.54, 1.807) is 0 Å². The third kappa shape index (κ3) is 3.35. The van der Waals surface area contributed by atoms with E-state index in [4.69, 9.17) is 11.6 Å². The molecule has 20 heavy (non-hydrogen) atoms. The van der Waals surface area contributed by atoms with Crippen LogP contribution in [0, 0.1) is 17.4 Å². The topological polar surface area (TPSA) is 12.0 Å². The summed E-state index contributed by atoms with van der Waals surface area (Å²) in [5, 5.41) is 4.38. The number of rotatable bonds is 4. The Morgan fingerprint density at radius 1 is 1.20 bits per heavy atom. The van der Waals surface area contributed by atoms with Gasteiger partial charge in [0.05, 0.1) is 11.1 Å². The van der Waals surface area contributed by atoms with Gasteiger partial charge >= 0.3 is 0 Å². The summed E-state index contributed by atoms with van der Waals surface area (Å²) in [5.41, 5.74) is 5.20. The van der Waals surface area contributed by atoms with E-state index >= 15 is 0 Å². The lowest BCUT2D eigenvalue weighted by Gasteiger charge is -2.22. The number of nitrogens with one attached hydrogen (secondary N) is 1. The molecule has 3 heteroatoms. The minimum absolute atomic E-state index is 0.189. The van der Waals surface area contributed by atoms with Gasteiger partial charge in [-0.3, -0.25) is 0 Å². The van der Waals surface area contributed by atoms with E-state index in [1.165, 1.54) is 22.3 Å². The van der Waals surface area contributed by atoms with Crippen molar-refractivity contribution in [1.82, 2.24) is 5.32 Å². The molecule has 2 aromatic carbocycles. The third-order valence-corrected chi connectivity index (χ3v) is 5.22. The molecule has 1 atom stereocenters. The zero-order valence-corrected chi connectivity index (χ0v) is 14.9. The standard InChI is InChI=1S/C17H19ClIN/c1-4-20-17(13-8-9-16(19)15(18)10-13)14-7-5-6-11(2)12(14)3/h5-10,17,20H,4H2,1-3H3. The van der Waals surface area contributed by atoms with Crippen molar-refractivity contribution >= 4 is 34.2 Å². The third-order valence-electron chi connectivity index (χ3n) is 3.64. The van der Waals surface area contributed by atoms with E-state index in [0.717, 1.165) is 15.1 Å². The molecule has 2 aromatic rings. The van der Waals surface area contributed by atoms with Gasteiger partial charge in [0, 0.05) is 3.57 Å². The highest BCUT2D eigenvalue weighted by molar-refractivity contribution is 14.1. The van der Waals surface area contributed by atoms with Crippen LogP contribution < -0.4 is 5.32 Å². The van der Waals surface area contributed by atoms with Gasteiger partial charge in [-0.05, 0) is 77.4 Å². The number of hydrogen-bond donors (Lipinski definition) is 1. The molecule has 2 rings (SSSR count). The Labute approximate surface area is 139 Å². The van der Waals surface area contributed by atoms with Crippen molar-refractivity contribution < 1.29 is 0 Å². The van der Waals surface area contributed by atoms with Crippen molar-refractivity contribution in [1.29, 1.82) is 0 Å². The Bertz CT molecular complexity index is 610. The first kappa shape index (κ1) is 15.8. The van der Waals surface area contributed by atoms with E-state index in [9.17, 15) is 0 Å². The smallest absolute Gasteiger partial charge is 0.0579 e. The molecule has 0 aliphatic rings. The molecule has 0 radical (unpaired) electrons. The van der Waals surface area contributed by atoms with Gasteiger partial charge in [0.1, 0.15) is 0 Å². The van der Waals surface area contributed by atoms with Gasteiger partial charge < -0.3 is 5.32 Å². The van der Waals surface area contributed by atoms with E-state index in [0.29, 0.717) is 0 Å². The van der Waals surface area contributed by atoms with Crippen molar-refractivity contribution in [3.05, 3.63) is 67.2 Å². The highest BCUT2D eigenvalue weighted by atomic mass is 127. The molecule has 1 unspecified atom stereocenters. The lowest BCUT2D eigenvalue weighted by molar-refractivity contribution is 0.627. The Balaban J connectivity index is 2.50. The fourth-order valence-corrected chi connectivity index (χ4v) is 2.91. The molecule has 0 bridgehead atoms. The van der Waals surface area contributed by atoms with Gasteiger partial charge in [-0.15, -0.1) is 0 Å². The minimum atomic E-state index is 0.189. The fourth-order valence-electron chi connectivity index (χ4n) is 2.39. The van der Waals surface area contributed by atoms with Gasteiger partial charge in [-0.25, -0.2) is 0 Å². The van der Waals surface area contributed by atoms with Gasteiger partial charge in [-0.1, -0.05) is 42.8 Å². The molecule has 0 amide bonds. The summed E-state index contributed by atoms with van der Waals surface area (Å²) in [7, 11) is 0. The van der Waals surface area contributed by atoms with Crippen molar-refractivity contribution in [2.75, 3.05) is 6.54 Å². The van der Waals surface area contributed by atoms with E-state index < -0.39 is 0 Å². The van der Waals surface area contributed by atoms with Crippen LogP contribution in [-0.2, 0) is 0 Å². The van der Waals surface area contributed by atoms with Crippen LogP contribution in [0.1, 0.15) is 35.2 Å². The maximum atomic E-state index is 6.28. The van der Waals surface area contributed by atoms with Crippen LogP contribution in [0.4, 0.5) is 0 Å². The highest BCUT2D eigenvalue weighted by Gasteiger charge is 2.16. The molecule has 0 aliphatic heterocycles. The summed E-state index contributed by atoms with van der Waals surface area (Å²) in [5.74, 6) is 0. The second-order valence-electron chi connectivity index (χ2n) is 4.95. The number of halogens is 2. The van der Waals surface area contributed by atoms with E-state index in [2.05, 4.69) is 85.1 Å². The summed E-state index contributed by atoms with van der Waals surface area (Å²) in [6.45, 7) is 7.39. The summed E-state index contributed by atoms with van der Waals surface area (Å²) >= 11 is 8.54. The lowest BCUT2D eigenvalue weighted by atomic mass is 9.92. The second-order valence-corrected chi connectivity index (χ2v) is 6.52. The van der Waals surface area contributed by atoms with Crippen LogP contribution in [-0.4, -0.2) is 6.54 Å². The van der Waals surface area contributed by atoms with Gasteiger partial charge in [-0.2, -0.15) is 0 Å². The number of benzene rings is 2. The molecule has 0 aromatic heterocycles. The second kappa shape index (κ2) is 6.92. The normalized spacial score (nSPS) is 12.4. The zero-order valence-electron chi connectivity index (χ0n) is 12.0. The molecule has 0 saturated heterocycles. The number of aryl methyl sites for hydroxylation is 1. The average molecular weight is 400 g/mol. The summed E-state index contributed by atoms with van der Waals surface area (Å²) in [6.07, 6.45) is 0. The first-order chi connectivity index (χ1) is 9.54. The Hall–Kier alpha value is -0.580. The summed E-state index contributed by atoms with van der Waals surface area (Å²) in [4.78, 5) is 0. The minimum Gasteiger partial charge on any atom is -0.307 e. The lowest BCUT2D eigenvalue weighted by Crippen LogP contribution is -2.23. The molecule has 0 aliphatic carbocycles. The van der Waals surface area contributed by atoms with Gasteiger partial charge in [0.2, 0.25) is 0 Å². The zero-order chi connectivity index (χ0) is 14.7. The van der Waals surface area contributed by atoms with Crippen molar-refractivity contribution in [2.24, 2.45) is 0 Å². The van der Waals surface area contributed by atoms with Crippen molar-refractivity contribution in [2.45, 2.75) is 26.8 Å². The first-order valence-corrected chi connectivity index (χ1v) is 8.24. The molecule has 1 N–H and O–H groups in total.